The van der Waals surface area contributed by atoms with Crippen molar-refractivity contribution in [3.63, 3.8) is 0 Å². The first kappa shape index (κ1) is 40.8. The van der Waals surface area contributed by atoms with Crippen LogP contribution in [0.1, 0.15) is 46.7 Å². The fourth-order valence-electron chi connectivity index (χ4n) is 6.39. The molecule has 1 aromatic carbocycles. The van der Waals surface area contributed by atoms with E-state index in [0.717, 1.165) is 12.1 Å². The van der Waals surface area contributed by atoms with E-state index in [2.05, 4.69) is 15.0 Å². The van der Waals surface area contributed by atoms with E-state index in [0.29, 0.717) is 11.3 Å². The zero-order chi connectivity index (χ0) is 44.1. The topological polar surface area (TPSA) is 181 Å². The van der Waals surface area contributed by atoms with Gasteiger partial charge < -0.3 is 0 Å². The quantitative estimate of drug-likeness (QED) is 0.191. The predicted molar refractivity (Wildman–Crippen MR) is 184 cm³/mol. The van der Waals surface area contributed by atoms with E-state index in [-0.39, 0.29) is 10.6 Å². The molecule has 24 heteroatoms. The van der Waals surface area contributed by atoms with E-state index >= 15 is 26.3 Å². The van der Waals surface area contributed by atoms with E-state index in [4.69, 9.17) is 0 Å². The molecule has 294 valence electrons. The van der Waals surface area contributed by atoms with Gasteiger partial charge in [0.25, 0.3) is 0 Å². The van der Waals surface area contributed by atoms with Crippen LogP contribution in [0.2, 0.25) is 0 Å². The highest BCUT2D eigenvalue weighted by molar-refractivity contribution is 7.13. The molecule has 7 rings (SSSR count). The third-order valence-corrected chi connectivity index (χ3v) is 12.0. The number of alkyl halides is 6. The van der Waals surface area contributed by atoms with Crippen molar-refractivity contribution in [2.45, 2.75) is 19.3 Å². The lowest BCUT2D eigenvalue weighted by atomic mass is 10.1. The summed E-state index contributed by atoms with van der Waals surface area (Å²) >= 11 is -0.334. The summed E-state index contributed by atoms with van der Waals surface area (Å²) in [5.41, 5.74) is -11.7. The van der Waals surface area contributed by atoms with Crippen LogP contribution in [0.5, 0.6) is 0 Å². The number of halogens is 12. The average Bonchev–Trinajstić information content (AvgIpc) is 4.04. The van der Waals surface area contributed by atoms with Crippen LogP contribution in [0.15, 0.2) is 16.7 Å². The smallest absolute Gasteiger partial charge is 0.224 e. The van der Waals surface area contributed by atoms with Crippen molar-refractivity contribution < 1.29 is 52.7 Å². The summed E-state index contributed by atoms with van der Waals surface area (Å²) in [5, 5.41) is 46.1. The third kappa shape index (κ3) is 5.65. The van der Waals surface area contributed by atoms with E-state index in [1.54, 1.807) is 6.07 Å². The lowest BCUT2D eigenvalue weighted by Gasteiger charge is -2.02. The molecular weight excluding hydrogens is 883 g/mol. The minimum absolute atomic E-state index is 0.120. The van der Waals surface area contributed by atoms with Gasteiger partial charge in [0, 0.05) is 36.2 Å². The van der Waals surface area contributed by atoms with Gasteiger partial charge >= 0.3 is 12.4 Å². The fraction of sp³-hybridized carbons (Fsp3) is 0.0833. The molecule has 0 amide bonds. The number of allylic oxidation sites excluding steroid dienone is 6. The summed E-state index contributed by atoms with van der Waals surface area (Å²) in [7, 11) is 0. The molecule has 0 saturated carbocycles. The standard InChI is InChI=1S/C36H3F12N9S3/c1-8-12(5-52)55-32(58-8)9(2-49)15-24(37)18-19(25(15)38)21-23(29(42)17(27(21)40)11(4-51)34-57-14(7-54)31(60-34)36(46,47)48)22-20(18)26(39)16(28(22)41)10(3-50)33-56-13(6-53)30(59-33)35(43,44)45/h1H3/b15-9-,16-10+,17-11-. The van der Waals surface area contributed by atoms with Crippen LogP contribution in [-0.2, 0) is 12.4 Å². The van der Waals surface area contributed by atoms with Crippen molar-refractivity contribution in [2.24, 2.45) is 0 Å². The number of benzene rings is 1. The maximum Gasteiger partial charge on any atom is 0.428 e. The van der Waals surface area contributed by atoms with Gasteiger partial charge in [-0.15, -0.1) is 34.0 Å². The number of thiazole rings is 3. The Kier molecular flexibility index (Phi) is 9.46. The molecule has 0 spiro atoms. The Morgan fingerprint density at radius 1 is 0.433 bits per heavy atom. The van der Waals surface area contributed by atoms with Crippen molar-refractivity contribution in [1.82, 2.24) is 15.0 Å². The highest BCUT2D eigenvalue weighted by Gasteiger charge is 2.42. The van der Waals surface area contributed by atoms with Crippen LogP contribution >= 0.6 is 34.0 Å². The fourth-order valence-corrected chi connectivity index (χ4v) is 9.03. The zero-order valence-corrected chi connectivity index (χ0v) is 30.7. The molecule has 3 heterocycles. The molecular formula is C36H3F12N9S3. The van der Waals surface area contributed by atoms with E-state index < -0.39 is 171 Å². The van der Waals surface area contributed by atoms with Gasteiger partial charge in [-0.1, -0.05) is 0 Å². The molecule has 0 radical (unpaired) electrons. The lowest BCUT2D eigenvalue weighted by Crippen LogP contribution is -2.64. The van der Waals surface area contributed by atoms with Gasteiger partial charge in [-0.3, -0.25) is 0 Å². The van der Waals surface area contributed by atoms with Gasteiger partial charge in [0.1, 0.15) is 113 Å². The van der Waals surface area contributed by atoms with E-state index in [1.807, 2.05) is 0 Å². The van der Waals surface area contributed by atoms with Crippen molar-refractivity contribution in [2.75, 3.05) is 0 Å². The summed E-state index contributed by atoms with van der Waals surface area (Å²) in [5.74, 6) is -12.5. The first-order chi connectivity index (χ1) is 28.2. The molecule has 0 bridgehead atoms. The molecule has 3 aromatic heterocycles. The molecule has 3 aliphatic carbocycles. The van der Waals surface area contributed by atoms with Gasteiger partial charge in [0.15, 0.2) is 17.1 Å². The molecule has 3 aliphatic rings. The van der Waals surface area contributed by atoms with Crippen LogP contribution in [0.4, 0.5) is 52.7 Å². The molecule has 60 heavy (non-hydrogen) atoms. The van der Waals surface area contributed by atoms with E-state index in [1.165, 1.54) is 25.1 Å². The normalized spacial score (nSPS) is 17.1. The van der Waals surface area contributed by atoms with Gasteiger partial charge in [-0.2, -0.15) is 57.9 Å². The Morgan fingerprint density at radius 2 is 0.683 bits per heavy atom. The van der Waals surface area contributed by atoms with Crippen LogP contribution in [0.25, 0.3) is 51.7 Å². The number of hydrogen-bond acceptors (Lipinski definition) is 12. The summed E-state index contributed by atoms with van der Waals surface area (Å²) in [4.78, 5) is 7.15. The maximum atomic E-state index is 16.9. The summed E-state index contributed by atoms with van der Waals surface area (Å²) in [6, 6.07) is 7.71. The van der Waals surface area contributed by atoms with Crippen molar-refractivity contribution in [1.29, 1.82) is 31.6 Å². The highest BCUT2D eigenvalue weighted by atomic mass is 32.1. The number of nitrogens with zero attached hydrogens (tertiary/aromatic N) is 9. The average molecular weight is 886 g/mol. The summed E-state index contributed by atoms with van der Waals surface area (Å²) in [6.07, 6.45) is -10.6. The predicted octanol–water partition coefficient (Wildman–Crippen LogP) is 5.46. The number of fused-ring (bicyclic) bond motifs is 6. The molecule has 0 saturated heterocycles. The third-order valence-electron chi connectivity index (χ3n) is 8.74. The second-order valence-electron chi connectivity index (χ2n) is 11.9. The second kappa shape index (κ2) is 13.9. The highest BCUT2D eigenvalue weighted by Crippen LogP contribution is 2.43. The Balaban J connectivity index is 1.77. The minimum atomic E-state index is -5.30. The van der Waals surface area contributed by atoms with Gasteiger partial charge in [-0.05, 0) is 6.92 Å². The SMILES string of the molecule is Cc1sc(/C(C#N)=C2\C(F)=c3c4c(c5c(c3=C2F)=C(F)/C(=C(/C#N)c2nc(C#N)c(C(F)(F)F)s2)C=5F)=C(F)/C(=C(/C#N)c2nc(C#N)c(C(F)(F)F)s2)C=4F)nc1C#N. The van der Waals surface area contributed by atoms with E-state index in [9.17, 15) is 57.9 Å². The van der Waals surface area contributed by atoms with Crippen LogP contribution in [0, 0.1) is 74.9 Å². The Hall–Kier alpha value is -7.35. The molecule has 9 nitrogen and oxygen atoms in total. The van der Waals surface area contributed by atoms with Gasteiger partial charge in [-0.25, -0.2) is 41.3 Å². The second-order valence-corrected chi connectivity index (χ2v) is 15.1. The van der Waals surface area contributed by atoms with Crippen molar-refractivity contribution in [3.05, 3.63) is 94.8 Å². The first-order valence-electron chi connectivity index (χ1n) is 15.4. The minimum Gasteiger partial charge on any atom is -0.224 e. The summed E-state index contributed by atoms with van der Waals surface area (Å²) < 4.78 is 184. The molecule has 0 fully saturated rings. The van der Waals surface area contributed by atoms with Gasteiger partial charge in [0.2, 0.25) is 0 Å². The Morgan fingerprint density at radius 3 is 0.883 bits per heavy atom. The molecule has 0 unspecified atom stereocenters. The van der Waals surface area contributed by atoms with Crippen molar-refractivity contribution >= 4 is 85.7 Å². The van der Waals surface area contributed by atoms with Crippen LogP contribution < -0.4 is 31.3 Å². The lowest BCUT2D eigenvalue weighted by molar-refractivity contribution is -0.135. The van der Waals surface area contributed by atoms with Gasteiger partial charge in [0.05, 0.1) is 16.7 Å². The molecule has 0 aliphatic heterocycles. The van der Waals surface area contributed by atoms with Crippen LogP contribution in [0.3, 0.4) is 0 Å². The Labute approximate surface area is 334 Å². The first-order valence-corrected chi connectivity index (χ1v) is 17.9. The largest absolute Gasteiger partial charge is 0.428 e. The number of rotatable bonds is 3. The van der Waals surface area contributed by atoms with Crippen LogP contribution in [-0.4, -0.2) is 15.0 Å². The maximum absolute atomic E-state index is 16.9. The van der Waals surface area contributed by atoms with Crippen molar-refractivity contribution in [3.8, 4) is 36.4 Å². The monoisotopic (exact) mass is 885 g/mol. The molecule has 0 N–H and O–H groups in total. The molecule has 0 atom stereocenters. The zero-order valence-electron chi connectivity index (χ0n) is 28.3. The number of aromatic nitrogens is 3. The number of aryl methyl sites for hydroxylation is 1. The number of nitriles is 6. The Bertz CT molecular complexity index is 3360. The molecule has 4 aromatic rings. The number of hydrogen-bond donors (Lipinski definition) is 0. The summed E-state index contributed by atoms with van der Waals surface area (Å²) in [6.45, 7) is 1.33.